The molecule has 1 aliphatic rings. The number of benzene rings is 1. The molecular weight excluding hydrogens is 526 g/mol. The van der Waals surface area contributed by atoms with Gasteiger partial charge in [0, 0.05) is 12.6 Å². The Labute approximate surface area is 255 Å². The van der Waals surface area contributed by atoms with Crippen LogP contribution in [0.15, 0.2) is 18.2 Å². The predicted molar refractivity (Wildman–Crippen MR) is 171 cm³/mol. The van der Waals surface area contributed by atoms with Crippen molar-refractivity contribution >= 4 is 17.9 Å². The van der Waals surface area contributed by atoms with Gasteiger partial charge in [-0.1, -0.05) is 101 Å². The van der Waals surface area contributed by atoms with Crippen LogP contribution in [0.5, 0.6) is 0 Å². The number of alkyl carbamates (subject to hydrolysis) is 1. The Morgan fingerprint density at radius 2 is 1.52 bits per heavy atom. The number of rotatable bonds is 15. The average molecular weight is 586 g/mol. The summed E-state index contributed by atoms with van der Waals surface area (Å²) in [4.78, 5) is 43.3. The maximum atomic E-state index is 14.5. The molecule has 7 heteroatoms. The van der Waals surface area contributed by atoms with Gasteiger partial charge in [0.25, 0.3) is 0 Å². The molecule has 42 heavy (non-hydrogen) atoms. The van der Waals surface area contributed by atoms with E-state index in [1.807, 2.05) is 60.6 Å². The lowest BCUT2D eigenvalue weighted by atomic mass is 9.93. The third-order valence-corrected chi connectivity index (χ3v) is 7.80. The number of hydrogen-bond donors (Lipinski definition) is 2. The van der Waals surface area contributed by atoms with E-state index in [0.717, 1.165) is 61.6 Å². The Hall–Kier alpha value is -2.57. The van der Waals surface area contributed by atoms with Crippen molar-refractivity contribution in [3.05, 3.63) is 34.9 Å². The summed E-state index contributed by atoms with van der Waals surface area (Å²) in [5.41, 5.74) is 2.24. The highest BCUT2D eigenvalue weighted by molar-refractivity contribution is 5.92. The number of amides is 3. The third-order valence-electron chi connectivity index (χ3n) is 7.80. The number of nitrogens with zero attached hydrogens (tertiary/aromatic N) is 1. The Morgan fingerprint density at radius 3 is 2.10 bits per heavy atom. The van der Waals surface area contributed by atoms with Gasteiger partial charge in [0.15, 0.2) is 0 Å². The molecule has 0 saturated heterocycles. The number of nitrogens with one attached hydrogen (secondary N) is 2. The van der Waals surface area contributed by atoms with Gasteiger partial charge in [-0.15, -0.1) is 0 Å². The quantitative estimate of drug-likeness (QED) is 0.205. The van der Waals surface area contributed by atoms with E-state index in [2.05, 4.69) is 23.6 Å². The van der Waals surface area contributed by atoms with E-state index in [1.54, 1.807) is 4.90 Å². The smallest absolute Gasteiger partial charge is 0.408 e. The van der Waals surface area contributed by atoms with Gasteiger partial charge < -0.3 is 20.3 Å². The molecule has 2 atom stereocenters. The maximum Gasteiger partial charge on any atom is 0.408 e. The number of hydrogen-bond acceptors (Lipinski definition) is 4. The zero-order valence-corrected chi connectivity index (χ0v) is 27.8. The predicted octanol–water partition coefficient (Wildman–Crippen LogP) is 7.92. The standard InChI is InChI=1S/C35H59N3O4/c1-9-10-11-12-13-17-20-38(33(40)30(21-25(2)3)37-34(41)42-35(6,7)8)31(28-23-26(4)22-27(5)24-28)32(39)36-29-18-15-14-16-19-29/h22-25,29-31H,9-21H2,1-8H3,(H,36,39)(H,37,41). The summed E-state index contributed by atoms with van der Waals surface area (Å²) >= 11 is 0. The third kappa shape index (κ3) is 12.7. The number of aryl methyl sites for hydroxylation is 2. The molecule has 0 aromatic heterocycles. The SMILES string of the molecule is CCCCCCCCN(C(=O)C(CC(C)C)NC(=O)OC(C)(C)C)C(C(=O)NC1CCCCC1)c1cc(C)cc(C)c1. The molecule has 1 aromatic rings. The molecular formula is C35H59N3O4. The van der Waals surface area contributed by atoms with Crippen LogP contribution in [0.4, 0.5) is 4.79 Å². The first-order valence-corrected chi connectivity index (χ1v) is 16.5. The first-order valence-electron chi connectivity index (χ1n) is 16.5. The molecule has 0 heterocycles. The largest absolute Gasteiger partial charge is 0.444 e. The Kier molecular flexibility index (Phi) is 14.9. The van der Waals surface area contributed by atoms with Crippen LogP contribution in [0.2, 0.25) is 0 Å². The zero-order valence-electron chi connectivity index (χ0n) is 27.8. The van der Waals surface area contributed by atoms with Crippen LogP contribution in [0, 0.1) is 19.8 Å². The summed E-state index contributed by atoms with van der Waals surface area (Å²) in [5.74, 6) is -0.210. The van der Waals surface area contributed by atoms with Gasteiger partial charge in [-0.25, -0.2) is 4.79 Å². The lowest BCUT2D eigenvalue weighted by Crippen LogP contribution is -2.54. The first-order chi connectivity index (χ1) is 19.8. The summed E-state index contributed by atoms with van der Waals surface area (Å²) in [7, 11) is 0. The highest BCUT2D eigenvalue weighted by Crippen LogP contribution is 2.28. The molecule has 238 valence electrons. The normalized spacial score (nSPS) is 15.6. The number of carbonyl (C=O) groups excluding carboxylic acids is 3. The van der Waals surface area contributed by atoms with Gasteiger partial charge >= 0.3 is 6.09 Å². The Bertz CT molecular complexity index is 974. The fourth-order valence-corrected chi connectivity index (χ4v) is 5.94. The molecule has 2 N–H and O–H groups in total. The number of ether oxygens (including phenoxy) is 1. The van der Waals surface area contributed by atoms with Gasteiger partial charge in [0.05, 0.1) is 0 Å². The van der Waals surface area contributed by atoms with Crippen molar-refractivity contribution in [2.24, 2.45) is 5.92 Å². The van der Waals surface area contributed by atoms with Crippen molar-refractivity contribution in [1.29, 1.82) is 0 Å². The maximum absolute atomic E-state index is 14.5. The molecule has 0 bridgehead atoms. The Morgan fingerprint density at radius 1 is 0.929 bits per heavy atom. The molecule has 1 saturated carbocycles. The monoisotopic (exact) mass is 585 g/mol. The number of unbranched alkanes of at least 4 members (excludes halogenated alkanes) is 5. The van der Waals surface area contributed by atoms with Gasteiger partial charge in [-0.3, -0.25) is 9.59 Å². The van der Waals surface area contributed by atoms with Crippen LogP contribution in [-0.4, -0.2) is 47.0 Å². The van der Waals surface area contributed by atoms with Crippen LogP contribution in [0.1, 0.15) is 141 Å². The van der Waals surface area contributed by atoms with Gasteiger partial charge in [-0.05, 0) is 71.8 Å². The summed E-state index contributed by atoms with van der Waals surface area (Å²) in [6.07, 6.45) is 11.6. The van der Waals surface area contributed by atoms with Gasteiger partial charge in [-0.2, -0.15) is 0 Å². The molecule has 3 amide bonds. The van der Waals surface area contributed by atoms with E-state index in [4.69, 9.17) is 4.74 Å². The second-order valence-corrected chi connectivity index (χ2v) is 13.8. The van der Waals surface area contributed by atoms with Crippen molar-refractivity contribution in [2.45, 2.75) is 156 Å². The van der Waals surface area contributed by atoms with E-state index in [-0.39, 0.29) is 23.8 Å². The van der Waals surface area contributed by atoms with E-state index < -0.39 is 23.8 Å². The molecule has 1 aromatic carbocycles. The lowest BCUT2D eigenvalue weighted by Gasteiger charge is -2.36. The van der Waals surface area contributed by atoms with Crippen LogP contribution in [-0.2, 0) is 14.3 Å². The van der Waals surface area contributed by atoms with Crippen molar-refractivity contribution in [3.8, 4) is 0 Å². The minimum atomic E-state index is -0.796. The molecule has 2 unspecified atom stereocenters. The van der Waals surface area contributed by atoms with E-state index in [0.29, 0.717) is 13.0 Å². The Balaban J connectivity index is 2.48. The van der Waals surface area contributed by atoms with Crippen molar-refractivity contribution in [2.75, 3.05) is 6.54 Å². The molecule has 0 spiro atoms. The van der Waals surface area contributed by atoms with E-state index in [1.165, 1.54) is 25.7 Å². The van der Waals surface area contributed by atoms with Crippen molar-refractivity contribution < 1.29 is 19.1 Å². The summed E-state index contributed by atoms with van der Waals surface area (Å²) in [5, 5.41) is 6.19. The minimum absolute atomic E-state index is 0.122. The minimum Gasteiger partial charge on any atom is -0.444 e. The molecule has 0 radical (unpaired) electrons. The fourth-order valence-electron chi connectivity index (χ4n) is 5.94. The van der Waals surface area contributed by atoms with Gasteiger partial charge in [0.2, 0.25) is 11.8 Å². The molecule has 1 aliphatic carbocycles. The second-order valence-electron chi connectivity index (χ2n) is 13.8. The highest BCUT2D eigenvalue weighted by Gasteiger charge is 2.37. The van der Waals surface area contributed by atoms with Crippen LogP contribution >= 0.6 is 0 Å². The van der Waals surface area contributed by atoms with E-state index >= 15 is 0 Å². The highest BCUT2D eigenvalue weighted by atomic mass is 16.6. The lowest BCUT2D eigenvalue weighted by molar-refractivity contribution is -0.143. The molecule has 1 fully saturated rings. The van der Waals surface area contributed by atoms with Crippen molar-refractivity contribution in [3.63, 3.8) is 0 Å². The van der Waals surface area contributed by atoms with Gasteiger partial charge in [0.1, 0.15) is 17.7 Å². The summed E-state index contributed by atoms with van der Waals surface area (Å²) < 4.78 is 5.54. The number of carbonyl (C=O) groups is 3. The zero-order chi connectivity index (χ0) is 31.3. The fraction of sp³-hybridized carbons (Fsp3) is 0.743. The molecule has 7 nitrogen and oxygen atoms in total. The van der Waals surface area contributed by atoms with Crippen LogP contribution < -0.4 is 10.6 Å². The van der Waals surface area contributed by atoms with Crippen LogP contribution in [0.25, 0.3) is 0 Å². The second kappa shape index (κ2) is 17.5. The summed E-state index contributed by atoms with van der Waals surface area (Å²) in [6, 6.07) is 4.69. The summed E-state index contributed by atoms with van der Waals surface area (Å²) in [6.45, 7) is 16.2. The van der Waals surface area contributed by atoms with Crippen molar-refractivity contribution in [1.82, 2.24) is 15.5 Å². The molecule has 0 aliphatic heterocycles. The van der Waals surface area contributed by atoms with Crippen LogP contribution in [0.3, 0.4) is 0 Å². The molecule has 2 rings (SSSR count). The van der Waals surface area contributed by atoms with E-state index in [9.17, 15) is 14.4 Å². The topological polar surface area (TPSA) is 87.7 Å². The first kappa shape index (κ1) is 35.6. The average Bonchev–Trinajstić information content (AvgIpc) is 2.87.